The summed E-state index contributed by atoms with van der Waals surface area (Å²) in [6.07, 6.45) is 9.01. The zero-order valence-electron chi connectivity index (χ0n) is 16.4. The Bertz CT molecular complexity index is 806. The summed E-state index contributed by atoms with van der Waals surface area (Å²) in [6.45, 7) is 10.9. The normalized spacial score (nSPS) is 23.0. The number of nitrogens with zero attached hydrogens (tertiary/aromatic N) is 5. The number of aromatic nitrogens is 3. The molecule has 0 bridgehead atoms. The number of carbonyl (C=O) groups is 1. The molecule has 7 nitrogen and oxygen atoms in total. The van der Waals surface area contributed by atoms with E-state index < -0.39 is 0 Å². The van der Waals surface area contributed by atoms with Gasteiger partial charge in [0.05, 0.1) is 6.20 Å². The molecule has 4 rings (SSSR count). The second kappa shape index (κ2) is 7.56. The minimum Gasteiger partial charge on any atom is -0.338 e. The summed E-state index contributed by atoms with van der Waals surface area (Å²) in [5.74, 6) is 0.0694. The molecule has 1 atom stereocenters. The van der Waals surface area contributed by atoms with Gasteiger partial charge in [-0.3, -0.25) is 9.69 Å². The first kappa shape index (κ1) is 18.4. The van der Waals surface area contributed by atoms with Crippen LogP contribution in [0.4, 0.5) is 0 Å². The topological polar surface area (TPSA) is 65.8 Å². The predicted molar refractivity (Wildman–Crippen MR) is 105 cm³/mol. The third-order valence-electron chi connectivity index (χ3n) is 6.22. The van der Waals surface area contributed by atoms with Crippen LogP contribution in [0.3, 0.4) is 0 Å². The fourth-order valence-corrected chi connectivity index (χ4v) is 4.55. The van der Waals surface area contributed by atoms with Crippen molar-refractivity contribution in [3.63, 3.8) is 0 Å². The van der Waals surface area contributed by atoms with Gasteiger partial charge in [-0.05, 0) is 38.9 Å². The number of nitrogens with one attached hydrogen (secondary N) is 1. The molecule has 27 heavy (non-hydrogen) atoms. The summed E-state index contributed by atoms with van der Waals surface area (Å²) in [5.41, 5.74) is 2.66. The molecule has 2 fully saturated rings. The Hall–Kier alpha value is -1.99. The molecule has 0 aromatic carbocycles. The number of fused-ring (bicyclic) bond motifs is 1. The van der Waals surface area contributed by atoms with E-state index in [0.29, 0.717) is 11.2 Å². The average molecular weight is 371 g/mol. The van der Waals surface area contributed by atoms with Gasteiger partial charge >= 0.3 is 0 Å². The molecule has 0 aliphatic carbocycles. The third-order valence-corrected chi connectivity index (χ3v) is 6.22. The SMILES string of the molecule is CCN(CC)Cc1cnc2c(C(=O)N3CCC[C@]4(CCNC4)C3)cnn2c1. The summed E-state index contributed by atoms with van der Waals surface area (Å²) in [7, 11) is 0. The smallest absolute Gasteiger partial charge is 0.259 e. The molecule has 4 heterocycles. The second-order valence-electron chi connectivity index (χ2n) is 8.01. The number of carbonyl (C=O) groups excluding carboxylic acids is 1. The van der Waals surface area contributed by atoms with Crippen LogP contribution in [0.5, 0.6) is 0 Å². The highest BCUT2D eigenvalue weighted by Crippen LogP contribution is 2.36. The molecule has 1 N–H and O–H groups in total. The van der Waals surface area contributed by atoms with Crippen LogP contribution >= 0.6 is 0 Å². The molecule has 2 aromatic rings. The van der Waals surface area contributed by atoms with Crippen LogP contribution in [0.15, 0.2) is 18.6 Å². The number of hydrogen-bond acceptors (Lipinski definition) is 5. The fraction of sp³-hybridized carbons (Fsp3) is 0.650. The molecule has 2 aliphatic heterocycles. The molecule has 1 spiro atoms. The summed E-state index contributed by atoms with van der Waals surface area (Å²) in [4.78, 5) is 22.1. The maximum atomic E-state index is 13.2. The summed E-state index contributed by atoms with van der Waals surface area (Å²) < 4.78 is 1.75. The number of likely N-dealkylation sites (tertiary alicyclic amines) is 1. The Balaban J connectivity index is 1.54. The zero-order valence-corrected chi connectivity index (χ0v) is 16.4. The fourth-order valence-electron chi connectivity index (χ4n) is 4.55. The van der Waals surface area contributed by atoms with Crippen LogP contribution in [0.25, 0.3) is 5.65 Å². The zero-order chi connectivity index (χ0) is 18.9. The molecule has 0 unspecified atom stereocenters. The Morgan fingerprint density at radius 2 is 2.15 bits per heavy atom. The Labute approximate surface area is 160 Å². The number of piperidine rings is 1. The molecule has 0 saturated carbocycles. The van der Waals surface area contributed by atoms with Gasteiger partial charge in [0.1, 0.15) is 5.56 Å². The van der Waals surface area contributed by atoms with Crippen molar-refractivity contribution in [3.8, 4) is 0 Å². The first-order valence-corrected chi connectivity index (χ1v) is 10.2. The second-order valence-corrected chi connectivity index (χ2v) is 8.01. The van der Waals surface area contributed by atoms with Gasteiger partial charge in [-0.25, -0.2) is 9.50 Å². The summed E-state index contributed by atoms with van der Waals surface area (Å²) in [6, 6.07) is 0. The van der Waals surface area contributed by atoms with E-state index in [1.54, 1.807) is 10.7 Å². The molecule has 2 aliphatic rings. The van der Waals surface area contributed by atoms with E-state index >= 15 is 0 Å². The van der Waals surface area contributed by atoms with E-state index in [1.807, 2.05) is 17.3 Å². The van der Waals surface area contributed by atoms with Crippen molar-refractivity contribution < 1.29 is 4.79 Å². The van der Waals surface area contributed by atoms with Crippen LogP contribution in [0.2, 0.25) is 0 Å². The third kappa shape index (κ3) is 3.58. The lowest BCUT2D eigenvalue weighted by atomic mass is 9.79. The predicted octanol–water partition coefficient (Wildman–Crippen LogP) is 1.79. The molecule has 7 heteroatoms. The highest BCUT2D eigenvalue weighted by atomic mass is 16.2. The average Bonchev–Trinajstić information content (AvgIpc) is 3.32. The van der Waals surface area contributed by atoms with E-state index in [2.05, 4.69) is 34.1 Å². The molecule has 0 radical (unpaired) electrons. The highest BCUT2D eigenvalue weighted by molar-refractivity contribution is 5.99. The molecule has 2 aromatic heterocycles. The van der Waals surface area contributed by atoms with Crippen molar-refractivity contribution in [1.82, 2.24) is 29.7 Å². The molecular formula is C20H30N6O. The lowest BCUT2D eigenvalue weighted by molar-refractivity contribution is 0.0555. The van der Waals surface area contributed by atoms with Crippen LogP contribution in [0.1, 0.15) is 49.0 Å². The van der Waals surface area contributed by atoms with Gasteiger partial charge < -0.3 is 10.2 Å². The van der Waals surface area contributed by atoms with Crippen molar-refractivity contribution >= 4 is 11.6 Å². The molecular weight excluding hydrogens is 340 g/mol. The maximum absolute atomic E-state index is 13.2. The largest absolute Gasteiger partial charge is 0.338 e. The Morgan fingerprint density at radius 1 is 1.30 bits per heavy atom. The summed E-state index contributed by atoms with van der Waals surface area (Å²) >= 11 is 0. The van der Waals surface area contributed by atoms with Crippen molar-refractivity contribution in [2.45, 2.75) is 39.7 Å². The van der Waals surface area contributed by atoms with Crippen molar-refractivity contribution in [2.75, 3.05) is 39.3 Å². The lowest BCUT2D eigenvalue weighted by Crippen LogP contribution is -2.47. The maximum Gasteiger partial charge on any atom is 0.259 e. The van der Waals surface area contributed by atoms with Gasteiger partial charge in [-0.1, -0.05) is 13.8 Å². The van der Waals surface area contributed by atoms with Gasteiger partial charge in [-0.15, -0.1) is 0 Å². The Kier molecular flexibility index (Phi) is 5.14. The van der Waals surface area contributed by atoms with E-state index in [-0.39, 0.29) is 11.3 Å². The quantitative estimate of drug-likeness (QED) is 0.869. The monoisotopic (exact) mass is 370 g/mol. The highest BCUT2D eigenvalue weighted by Gasteiger charge is 2.39. The van der Waals surface area contributed by atoms with Gasteiger partial charge in [0.15, 0.2) is 5.65 Å². The van der Waals surface area contributed by atoms with E-state index in [9.17, 15) is 4.79 Å². The van der Waals surface area contributed by atoms with Crippen molar-refractivity contribution in [2.24, 2.45) is 5.41 Å². The van der Waals surface area contributed by atoms with Gasteiger partial charge in [0.25, 0.3) is 5.91 Å². The number of amides is 1. The molecule has 2 saturated heterocycles. The Morgan fingerprint density at radius 3 is 2.89 bits per heavy atom. The minimum absolute atomic E-state index is 0.0694. The van der Waals surface area contributed by atoms with E-state index in [1.165, 1.54) is 12.8 Å². The molecule has 1 amide bonds. The lowest BCUT2D eigenvalue weighted by Gasteiger charge is -2.39. The van der Waals surface area contributed by atoms with Crippen LogP contribution in [-0.2, 0) is 6.54 Å². The van der Waals surface area contributed by atoms with Crippen molar-refractivity contribution in [1.29, 1.82) is 0 Å². The minimum atomic E-state index is 0.0694. The summed E-state index contributed by atoms with van der Waals surface area (Å²) in [5, 5.41) is 7.89. The first-order valence-electron chi connectivity index (χ1n) is 10.2. The standard InChI is InChI=1S/C20H30N6O/c1-3-24(4-2)12-16-10-22-18-17(11-23-26(18)13-16)19(27)25-9-5-6-20(15-25)7-8-21-14-20/h10-11,13,21H,3-9,12,14-15H2,1-2H3/t20-/m1/s1. The van der Waals surface area contributed by atoms with E-state index in [0.717, 1.165) is 57.8 Å². The van der Waals surface area contributed by atoms with Crippen LogP contribution in [0, 0.1) is 5.41 Å². The van der Waals surface area contributed by atoms with E-state index in [4.69, 9.17) is 0 Å². The van der Waals surface area contributed by atoms with Gasteiger partial charge in [-0.2, -0.15) is 5.10 Å². The van der Waals surface area contributed by atoms with Gasteiger partial charge in [0, 0.05) is 49.6 Å². The van der Waals surface area contributed by atoms with Gasteiger partial charge in [0.2, 0.25) is 0 Å². The molecule has 146 valence electrons. The number of hydrogen-bond donors (Lipinski definition) is 1. The van der Waals surface area contributed by atoms with Crippen molar-refractivity contribution in [3.05, 3.63) is 29.7 Å². The number of rotatable bonds is 5. The first-order chi connectivity index (χ1) is 13.1. The van der Waals surface area contributed by atoms with Crippen LogP contribution in [-0.4, -0.2) is 69.6 Å². The van der Waals surface area contributed by atoms with Crippen LogP contribution < -0.4 is 5.32 Å².